The van der Waals surface area contributed by atoms with Gasteiger partial charge in [-0.05, 0) is 49.6 Å². The van der Waals surface area contributed by atoms with Crippen LogP contribution in [0.2, 0.25) is 0 Å². The minimum absolute atomic E-state index is 0.241. The molecule has 2 aromatic heterocycles. The van der Waals surface area contributed by atoms with E-state index in [2.05, 4.69) is 20.6 Å². The number of hydrogen-bond acceptors (Lipinski definition) is 5. The fourth-order valence-electron chi connectivity index (χ4n) is 2.94. The number of aryl methyl sites for hydroxylation is 2. The number of anilines is 1. The van der Waals surface area contributed by atoms with E-state index in [-0.39, 0.29) is 6.03 Å². The molecule has 0 radical (unpaired) electrons. The molecule has 2 N–H and O–H groups in total. The zero-order valence-electron chi connectivity index (χ0n) is 14.8. The number of aromatic nitrogens is 2. The van der Waals surface area contributed by atoms with Crippen LogP contribution in [0.5, 0.6) is 5.75 Å². The summed E-state index contributed by atoms with van der Waals surface area (Å²) in [6.07, 6.45) is 6.89. The van der Waals surface area contributed by atoms with Crippen LogP contribution < -0.4 is 15.4 Å². The van der Waals surface area contributed by atoms with Gasteiger partial charge in [0.2, 0.25) is 0 Å². The lowest BCUT2D eigenvalue weighted by Gasteiger charge is -2.09. The summed E-state index contributed by atoms with van der Waals surface area (Å²) >= 11 is 1.70. The summed E-state index contributed by atoms with van der Waals surface area (Å²) in [4.78, 5) is 22.1. The van der Waals surface area contributed by atoms with Gasteiger partial charge in [0.25, 0.3) is 0 Å². The van der Waals surface area contributed by atoms with Crippen molar-refractivity contribution in [1.29, 1.82) is 0 Å². The van der Waals surface area contributed by atoms with E-state index in [9.17, 15) is 4.79 Å². The number of thiazole rings is 1. The van der Waals surface area contributed by atoms with Gasteiger partial charge in [-0.25, -0.2) is 9.78 Å². The third kappa shape index (κ3) is 4.62. The average Bonchev–Trinajstić information content (AvgIpc) is 3.28. The number of fused-ring (bicyclic) bond motifs is 1. The highest BCUT2D eigenvalue weighted by Gasteiger charge is 2.16. The average molecular weight is 380 g/mol. The van der Waals surface area contributed by atoms with E-state index in [4.69, 9.17) is 4.74 Å². The maximum atomic E-state index is 12.1. The molecule has 1 aromatic carbocycles. The number of pyridine rings is 1. The Morgan fingerprint density at radius 2 is 2.07 bits per heavy atom. The highest BCUT2D eigenvalue weighted by atomic mass is 32.1. The van der Waals surface area contributed by atoms with Gasteiger partial charge in [0.05, 0.1) is 12.2 Å². The molecule has 6 nitrogen and oxygen atoms in total. The maximum Gasteiger partial charge on any atom is 0.319 e. The summed E-state index contributed by atoms with van der Waals surface area (Å²) in [5.74, 6) is 0.738. The number of benzene rings is 1. The third-order valence-corrected chi connectivity index (χ3v) is 5.44. The van der Waals surface area contributed by atoms with Gasteiger partial charge in [-0.2, -0.15) is 0 Å². The zero-order chi connectivity index (χ0) is 18.5. The van der Waals surface area contributed by atoms with Crippen LogP contribution in [0.1, 0.15) is 27.6 Å². The molecule has 7 heteroatoms. The van der Waals surface area contributed by atoms with Gasteiger partial charge in [-0.15, -0.1) is 11.3 Å². The Labute approximate surface area is 161 Å². The van der Waals surface area contributed by atoms with Crippen LogP contribution in [0.15, 0.2) is 48.8 Å². The first kappa shape index (κ1) is 17.5. The van der Waals surface area contributed by atoms with Crippen LogP contribution >= 0.6 is 11.3 Å². The number of carbonyl (C=O) groups excluding carboxylic acids is 1. The summed E-state index contributed by atoms with van der Waals surface area (Å²) < 4.78 is 5.71. The van der Waals surface area contributed by atoms with Gasteiger partial charge in [0, 0.05) is 28.5 Å². The van der Waals surface area contributed by atoms with Crippen LogP contribution in [0.3, 0.4) is 0 Å². The normalized spacial score (nSPS) is 12.4. The van der Waals surface area contributed by atoms with E-state index in [1.807, 2.05) is 36.4 Å². The molecule has 0 saturated heterocycles. The molecular weight excluding hydrogens is 360 g/mol. The van der Waals surface area contributed by atoms with E-state index in [0.717, 1.165) is 29.2 Å². The Hall–Kier alpha value is -2.93. The third-order valence-electron chi connectivity index (χ3n) is 4.28. The van der Waals surface area contributed by atoms with Crippen LogP contribution in [0, 0.1) is 0 Å². The molecule has 0 aliphatic heterocycles. The lowest BCUT2D eigenvalue weighted by atomic mass is 10.3. The van der Waals surface area contributed by atoms with E-state index in [0.29, 0.717) is 18.8 Å². The number of urea groups is 1. The topological polar surface area (TPSA) is 76.1 Å². The minimum atomic E-state index is -0.241. The number of rotatable bonds is 6. The fraction of sp³-hybridized carbons (Fsp3) is 0.250. The molecule has 0 fully saturated rings. The largest absolute Gasteiger partial charge is 0.489 e. The van der Waals surface area contributed by atoms with Crippen molar-refractivity contribution in [3.63, 3.8) is 0 Å². The van der Waals surface area contributed by atoms with Crippen molar-refractivity contribution in [2.45, 2.75) is 32.4 Å². The number of nitrogens with zero attached hydrogens (tertiary/aromatic N) is 2. The van der Waals surface area contributed by atoms with Crippen molar-refractivity contribution < 1.29 is 9.53 Å². The molecule has 2 heterocycles. The first-order valence-corrected chi connectivity index (χ1v) is 9.72. The Kier molecular flexibility index (Phi) is 5.29. The minimum Gasteiger partial charge on any atom is -0.489 e. The maximum absolute atomic E-state index is 12.1. The van der Waals surface area contributed by atoms with Crippen molar-refractivity contribution in [3.05, 3.63) is 69.9 Å². The molecule has 0 spiro atoms. The lowest BCUT2D eigenvalue weighted by Crippen LogP contribution is -2.28. The molecule has 3 aromatic rings. The van der Waals surface area contributed by atoms with Crippen molar-refractivity contribution in [1.82, 2.24) is 15.3 Å². The van der Waals surface area contributed by atoms with E-state index in [1.54, 1.807) is 23.7 Å². The van der Waals surface area contributed by atoms with Crippen molar-refractivity contribution in [2.75, 3.05) is 5.32 Å². The van der Waals surface area contributed by atoms with Gasteiger partial charge in [0.15, 0.2) is 0 Å². The standard InChI is InChI=1S/C20H20N4O2S/c25-20(22-12-19-24-17-4-1-5-18(17)27-19)23-15-6-8-16(9-7-15)26-13-14-3-2-10-21-11-14/h2-3,6-11H,1,4-5,12-13H2,(H2,22,23,25). The van der Waals surface area contributed by atoms with Crippen LogP contribution in [0.4, 0.5) is 10.5 Å². The highest BCUT2D eigenvalue weighted by molar-refractivity contribution is 7.11. The summed E-state index contributed by atoms with van der Waals surface area (Å²) in [7, 11) is 0. The second kappa shape index (κ2) is 8.18. The van der Waals surface area contributed by atoms with Gasteiger partial charge in [-0.3, -0.25) is 4.98 Å². The smallest absolute Gasteiger partial charge is 0.319 e. The second-order valence-electron chi connectivity index (χ2n) is 6.31. The van der Waals surface area contributed by atoms with E-state index < -0.39 is 0 Å². The van der Waals surface area contributed by atoms with Gasteiger partial charge < -0.3 is 15.4 Å². The van der Waals surface area contributed by atoms with Crippen molar-refractivity contribution in [2.24, 2.45) is 0 Å². The molecule has 138 valence electrons. The number of amides is 2. The summed E-state index contributed by atoms with van der Waals surface area (Å²) in [6.45, 7) is 0.911. The SMILES string of the molecule is O=C(NCc1nc2c(s1)CCC2)Nc1ccc(OCc2cccnc2)cc1. The van der Waals surface area contributed by atoms with Gasteiger partial charge in [0.1, 0.15) is 17.4 Å². The monoisotopic (exact) mass is 380 g/mol. The predicted octanol–water partition coefficient (Wildman–Crippen LogP) is 3.93. The molecule has 4 rings (SSSR count). The van der Waals surface area contributed by atoms with Gasteiger partial charge in [-0.1, -0.05) is 6.07 Å². The molecule has 2 amide bonds. The van der Waals surface area contributed by atoms with Crippen molar-refractivity contribution >= 4 is 23.1 Å². The van der Waals surface area contributed by atoms with Crippen LogP contribution in [-0.2, 0) is 26.0 Å². The predicted molar refractivity (Wildman–Crippen MR) is 105 cm³/mol. The molecule has 0 unspecified atom stereocenters. The fourth-order valence-corrected chi connectivity index (χ4v) is 4.03. The number of nitrogens with one attached hydrogen (secondary N) is 2. The molecular formula is C20H20N4O2S. The lowest BCUT2D eigenvalue weighted by molar-refractivity contribution is 0.251. The highest BCUT2D eigenvalue weighted by Crippen LogP contribution is 2.27. The number of ether oxygens (including phenoxy) is 1. The van der Waals surface area contributed by atoms with Crippen molar-refractivity contribution in [3.8, 4) is 5.75 Å². The van der Waals surface area contributed by atoms with E-state index >= 15 is 0 Å². The number of hydrogen-bond donors (Lipinski definition) is 2. The summed E-state index contributed by atoms with van der Waals surface area (Å²) in [5, 5.41) is 6.65. The number of carbonyl (C=O) groups is 1. The Bertz CT molecular complexity index is 888. The zero-order valence-corrected chi connectivity index (χ0v) is 15.6. The molecule has 0 bridgehead atoms. The Morgan fingerprint density at radius 3 is 2.85 bits per heavy atom. The van der Waals surface area contributed by atoms with Crippen LogP contribution in [-0.4, -0.2) is 16.0 Å². The first-order chi connectivity index (χ1) is 13.3. The van der Waals surface area contributed by atoms with E-state index in [1.165, 1.54) is 17.0 Å². The molecule has 0 atom stereocenters. The molecule has 0 saturated carbocycles. The molecule has 1 aliphatic rings. The quantitative estimate of drug-likeness (QED) is 0.679. The molecule has 1 aliphatic carbocycles. The first-order valence-electron chi connectivity index (χ1n) is 8.90. The second-order valence-corrected chi connectivity index (χ2v) is 7.48. The summed E-state index contributed by atoms with van der Waals surface area (Å²) in [6, 6.07) is 10.9. The Balaban J connectivity index is 1.24. The van der Waals surface area contributed by atoms with Gasteiger partial charge >= 0.3 is 6.03 Å². The van der Waals surface area contributed by atoms with Crippen LogP contribution in [0.25, 0.3) is 0 Å². The Morgan fingerprint density at radius 1 is 1.19 bits per heavy atom. The molecule has 27 heavy (non-hydrogen) atoms. The summed E-state index contributed by atoms with van der Waals surface area (Å²) in [5.41, 5.74) is 2.93.